The molecule has 0 unspecified atom stereocenters. The summed E-state index contributed by atoms with van der Waals surface area (Å²) in [6.07, 6.45) is 0. The van der Waals surface area contributed by atoms with E-state index in [0.717, 1.165) is 14.0 Å². The summed E-state index contributed by atoms with van der Waals surface area (Å²) in [5.41, 5.74) is 0.459. The zero-order valence-electron chi connectivity index (χ0n) is 8.14. The van der Waals surface area contributed by atoms with Crippen molar-refractivity contribution in [3.05, 3.63) is 50.1 Å². The van der Waals surface area contributed by atoms with Crippen LogP contribution in [-0.2, 0) is 6.54 Å². The summed E-state index contributed by atoms with van der Waals surface area (Å²) in [5, 5.41) is 2.98. The van der Waals surface area contributed by atoms with Crippen LogP contribution < -0.4 is 5.32 Å². The lowest BCUT2D eigenvalue weighted by Crippen LogP contribution is -2.00. The maximum absolute atomic E-state index is 13.4. The summed E-state index contributed by atoms with van der Waals surface area (Å²) < 4.78 is 20.4. The molecular formula is C11H8BrFINO. The van der Waals surface area contributed by atoms with Crippen LogP contribution in [0.1, 0.15) is 5.76 Å². The molecular weight excluding hydrogens is 388 g/mol. The van der Waals surface area contributed by atoms with E-state index in [1.165, 1.54) is 6.07 Å². The van der Waals surface area contributed by atoms with E-state index in [1.807, 2.05) is 12.1 Å². The molecule has 2 aromatic rings. The molecule has 2 rings (SSSR count). The number of furan rings is 1. The maximum Gasteiger partial charge on any atom is 0.164 e. The van der Waals surface area contributed by atoms with Crippen LogP contribution in [0, 0.1) is 9.58 Å². The normalized spacial score (nSPS) is 10.4. The number of nitrogens with one attached hydrogen (secondary N) is 1. The number of halogens is 3. The molecule has 16 heavy (non-hydrogen) atoms. The van der Waals surface area contributed by atoms with Crippen molar-refractivity contribution < 1.29 is 8.81 Å². The van der Waals surface area contributed by atoms with Gasteiger partial charge in [-0.1, -0.05) is 15.9 Å². The van der Waals surface area contributed by atoms with Crippen molar-refractivity contribution in [1.82, 2.24) is 0 Å². The first-order valence-corrected chi connectivity index (χ1v) is 6.45. The Hall–Kier alpha value is -0.560. The molecule has 0 aliphatic rings. The van der Waals surface area contributed by atoms with Gasteiger partial charge >= 0.3 is 0 Å². The van der Waals surface area contributed by atoms with E-state index in [4.69, 9.17) is 4.42 Å². The molecule has 0 saturated carbocycles. The fourth-order valence-electron chi connectivity index (χ4n) is 1.26. The molecule has 1 heterocycles. The zero-order chi connectivity index (χ0) is 11.5. The van der Waals surface area contributed by atoms with E-state index in [2.05, 4.69) is 43.8 Å². The van der Waals surface area contributed by atoms with E-state index in [1.54, 1.807) is 12.1 Å². The predicted molar refractivity (Wildman–Crippen MR) is 72.9 cm³/mol. The van der Waals surface area contributed by atoms with Crippen LogP contribution in [0.25, 0.3) is 0 Å². The maximum atomic E-state index is 13.4. The molecule has 0 fully saturated rings. The summed E-state index contributed by atoms with van der Waals surface area (Å²) in [6, 6.07) is 8.51. The second-order valence-corrected chi connectivity index (χ2v) is 5.16. The van der Waals surface area contributed by atoms with Gasteiger partial charge in [0.25, 0.3) is 0 Å². The lowest BCUT2D eigenvalue weighted by Gasteiger charge is -2.06. The van der Waals surface area contributed by atoms with Gasteiger partial charge in [0.15, 0.2) is 3.77 Å². The molecule has 1 N–H and O–H groups in total. The minimum atomic E-state index is -0.274. The third kappa shape index (κ3) is 2.98. The third-order valence-corrected chi connectivity index (χ3v) is 3.08. The monoisotopic (exact) mass is 395 g/mol. The summed E-state index contributed by atoms with van der Waals surface area (Å²) in [7, 11) is 0. The standard InChI is InChI=1S/C11H8BrFINO/c12-7-1-3-9(13)10(5-7)15-6-8-2-4-11(14)16-8/h1-5,15H,6H2. The van der Waals surface area contributed by atoms with Gasteiger partial charge < -0.3 is 9.73 Å². The van der Waals surface area contributed by atoms with Gasteiger partial charge in [0.2, 0.25) is 0 Å². The molecule has 0 aliphatic carbocycles. The quantitative estimate of drug-likeness (QED) is 0.779. The zero-order valence-corrected chi connectivity index (χ0v) is 11.9. The van der Waals surface area contributed by atoms with Crippen molar-refractivity contribution in [3.8, 4) is 0 Å². The Kier molecular flexibility index (Phi) is 3.86. The highest BCUT2D eigenvalue weighted by atomic mass is 127. The molecule has 0 amide bonds. The highest BCUT2D eigenvalue weighted by Crippen LogP contribution is 2.21. The average molecular weight is 396 g/mol. The molecule has 0 saturated heterocycles. The topological polar surface area (TPSA) is 25.2 Å². The third-order valence-electron chi connectivity index (χ3n) is 2.01. The van der Waals surface area contributed by atoms with Crippen molar-refractivity contribution in [1.29, 1.82) is 0 Å². The van der Waals surface area contributed by atoms with Gasteiger partial charge in [0, 0.05) is 4.47 Å². The minimum Gasteiger partial charge on any atom is -0.454 e. The molecule has 5 heteroatoms. The van der Waals surface area contributed by atoms with E-state index in [-0.39, 0.29) is 5.82 Å². The largest absolute Gasteiger partial charge is 0.454 e. The average Bonchev–Trinajstić information content (AvgIpc) is 2.66. The first-order chi connectivity index (χ1) is 7.65. The highest BCUT2D eigenvalue weighted by molar-refractivity contribution is 14.1. The molecule has 0 bridgehead atoms. The van der Waals surface area contributed by atoms with Crippen LogP contribution >= 0.6 is 38.5 Å². The smallest absolute Gasteiger partial charge is 0.164 e. The first-order valence-electron chi connectivity index (χ1n) is 4.58. The molecule has 0 spiro atoms. The Morgan fingerprint density at radius 2 is 2.12 bits per heavy atom. The molecule has 84 valence electrons. The van der Waals surface area contributed by atoms with Gasteiger partial charge in [-0.25, -0.2) is 4.39 Å². The number of benzene rings is 1. The number of anilines is 1. The van der Waals surface area contributed by atoms with E-state index >= 15 is 0 Å². The van der Waals surface area contributed by atoms with Crippen molar-refractivity contribution in [2.45, 2.75) is 6.54 Å². The fourth-order valence-corrected chi connectivity index (χ4v) is 2.09. The number of hydrogen-bond acceptors (Lipinski definition) is 2. The van der Waals surface area contributed by atoms with Gasteiger partial charge in [-0.3, -0.25) is 0 Å². The summed E-state index contributed by atoms with van der Waals surface area (Å²) >= 11 is 5.39. The molecule has 2 nitrogen and oxygen atoms in total. The summed E-state index contributed by atoms with van der Waals surface area (Å²) in [5.74, 6) is 0.508. The van der Waals surface area contributed by atoms with Crippen LogP contribution in [-0.4, -0.2) is 0 Å². The molecule has 1 aromatic heterocycles. The number of hydrogen-bond donors (Lipinski definition) is 1. The lowest BCUT2D eigenvalue weighted by molar-refractivity contribution is 0.492. The molecule has 0 aliphatic heterocycles. The Bertz CT molecular complexity index is 500. The van der Waals surface area contributed by atoms with Gasteiger partial charge in [0.05, 0.1) is 12.2 Å². The lowest BCUT2D eigenvalue weighted by atomic mass is 10.3. The highest BCUT2D eigenvalue weighted by Gasteiger charge is 2.04. The van der Waals surface area contributed by atoms with Crippen molar-refractivity contribution in [2.75, 3.05) is 5.32 Å². The van der Waals surface area contributed by atoms with Crippen molar-refractivity contribution in [3.63, 3.8) is 0 Å². The van der Waals surface area contributed by atoms with Crippen LogP contribution in [0.5, 0.6) is 0 Å². The van der Waals surface area contributed by atoms with E-state index < -0.39 is 0 Å². The Labute approximate surface area is 114 Å². The van der Waals surface area contributed by atoms with Gasteiger partial charge in [0.1, 0.15) is 11.6 Å². The second-order valence-electron chi connectivity index (χ2n) is 3.18. The van der Waals surface area contributed by atoms with Crippen LogP contribution in [0.2, 0.25) is 0 Å². The Balaban J connectivity index is 2.07. The molecule has 0 radical (unpaired) electrons. The van der Waals surface area contributed by atoms with Crippen LogP contribution in [0.4, 0.5) is 10.1 Å². The van der Waals surface area contributed by atoms with Crippen molar-refractivity contribution in [2.24, 2.45) is 0 Å². The van der Waals surface area contributed by atoms with Gasteiger partial charge in [-0.2, -0.15) is 0 Å². The summed E-state index contributed by atoms with van der Waals surface area (Å²) in [4.78, 5) is 0. The fraction of sp³-hybridized carbons (Fsp3) is 0.0909. The molecule has 0 atom stereocenters. The van der Waals surface area contributed by atoms with Crippen LogP contribution in [0.15, 0.2) is 39.2 Å². The van der Waals surface area contributed by atoms with Crippen LogP contribution in [0.3, 0.4) is 0 Å². The predicted octanol–water partition coefficient (Wildman–Crippen LogP) is 4.40. The second kappa shape index (κ2) is 5.18. The van der Waals surface area contributed by atoms with Gasteiger partial charge in [-0.15, -0.1) is 0 Å². The summed E-state index contributed by atoms with van der Waals surface area (Å²) in [6.45, 7) is 0.469. The van der Waals surface area contributed by atoms with E-state index in [0.29, 0.717) is 12.2 Å². The van der Waals surface area contributed by atoms with E-state index in [9.17, 15) is 4.39 Å². The SMILES string of the molecule is Fc1ccc(Br)cc1NCc1ccc(I)o1. The first kappa shape index (κ1) is 11.9. The van der Waals surface area contributed by atoms with Gasteiger partial charge in [-0.05, 0) is 52.9 Å². The Morgan fingerprint density at radius 1 is 1.31 bits per heavy atom. The number of rotatable bonds is 3. The minimum absolute atomic E-state index is 0.274. The Morgan fingerprint density at radius 3 is 2.81 bits per heavy atom. The molecule has 1 aromatic carbocycles. The van der Waals surface area contributed by atoms with Crippen molar-refractivity contribution >= 4 is 44.2 Å².